The summed E-state index contributed by atoms with van der Waals surface area (Å²) in [5.74, 6) is -15.8. The number of hydrogen-bond donors (Lipinski definition) is 0. The lowest BCUT2D eigenvalue weighted by molar-refractivity contribution is -0.136. The van der Waals surface area contributed by atoms with Crippen molar-refractivity contribution in [1.29, 1.82) is 0 Å². The Kier molecular flexibility index (Phi) is 8.86. The standard InChI is InChI=1S/C32H19Cl4F5N6O3/c33-14-5-4-12(18(35)9-14)8-13-2-1-3-17-26(13)43-47(28(17)16-7-6-15(34)10-19(16)36)20(48)11-45-30-27(42-44-45)31(49)46(32(30)50)29-24(40)22(38)21(37)23(39)25(29)41/h4-10,17,27-28,30H,1-3,11H2/b13-8+/t17-,27+,28+,30+/m0/s1. The number of nitrogens with zero attached hydrogens (tertiary/aromatic N) is 6. The van der Waals surface area contributed by atoms with Gasteiger partial charge in [-0.15, -0.1) is 0 Å². The van der Waals surface area contributed by atoms with E-state index in [2.05, 4.69) is 10.3 Å². The van der Waals surface area contributed by atoms with Gasteiger partial charge in [-0.2, -0.15) is 10.2 Å². The highest BCUT2D eigenvalue weighted by Crippen LogP contribution is 2.47. The van der Waals surface area contributed by atoms with Crippen LogP contribution >= 0.6 is 46.4 Å². The molecule has 3 heterocycles. The molecule has 0 radical (unpaired) electrons. The summed E-state index contributed by atoms with van der Waals surface area (Å²) >= 11 is 25.3. The van der Waals surface area contributed by atoms with Gasteiger partial charge in [0, 0.05) is 26.0 Å². The molecule has 18 heteroatoms. The molecule has 2 fully saturated rings. The van der Waals surface area contributed by atoms with Crippen LogP contribution in [0.4, 0.5) is 27.6 Å². The molecule has 1 aliphatic carbocycles. The predicted octanol–water partition coefficient (Wildman–Crippen LogP) is 8.11. The summed E-state index contributed by atoms with van der Waals surface area (Å²) in [5, 5.41) is 15.6. The molecular weight excluding hydrogens is 753 g/mol. The Balaban J connectivity index is 1.23. The van der Waals surface area contributed by atoms with Gasteiger partial charge in [0.1, 0.15) is 12.2 Å². The van der Waals surface area contributed by atoms with Gasteiger partial charge in [-0.05, 0) is 66.3 Å². The van der Waals surface area contributed by atoms with Crippen LogP contribution in [0.3, 0.4) is 0 Å². The van der Waals surface area contributed by atoms with Crippen molar-refractivity contribution < 1.29 is 36.3 Å². The van der Waals surface area contributed by atoms with Crippen molar-refractivity contribution in [2.75, 3.05) is 11.4 Å². The van der Waals surface area contributed by atoms with Gasteiger partial charge in [0.2, 0.25) is 5.82 Å². The molecule has 3 aliphatic heterocycles. The van der Waals surface area contributed by atoms with Gasteiger partial charge in [-0.25, -0.2) is 31.9 Å². The van der Waals surface area contributed by atoms with Gasteiger partial charge >= 0.3 is 0 Å². The van der Waals surface area contributed by atoms with Gasteiger partial charge in [-0.1, -0.05) is 63.8 Å². The summed E-state index contributed by atoms with van der Waals surface area (Å²) in [4.78, 5) is 40.4. The Labute approximate surface area is 299 Å². The number of imide groups is 1. The Bertz CT molecular complexity index is 2090. The van der Waals surface area contributed by atoms with Crippen LogP contribution in [0, 0.1) is 35.0 Å². The minimum absolute atomic E-state index is 0.166. The first-order valence-electron chi connectivity index (χ1n) is 14.9. The number of hydrogen-bond acceptors (Lipinski definition) is 7. The van der Waals surface area contributed by atoms with Crippen LogP contribution in [-0.2, 0) is 14.4 Å². The first-order chi connectivity index (χ1) is 23.8. The third kappa shape index (κ3) is 5.52. The Morgan fingerprint density at radius 1 is 0.840 bits per heavy atom. The van der Waals surface area contributed by atoms with E-state index in [-0.39, 0.29) is 15.8 Å². The third-order valence-electron chi connectivity index (χ3n) is 8.90. The Morgan fingerprint density at radius 2 is 1.48 bits per heavy atom. The minimum Gasteiger partial charge on any atom is -0.271 e. The molecule has 9 nitrogen and oxygen atoms in total. The SMILES string of the molecule is O=C1[C@@H]2N=NN(CC(=O)N3N=C4/C(=C/c5ccc(Cl)cc5Cl)CCC[C@@H]4[C@H]3c3ccc(Cl)cc3Cl)[C@H]2C(=O)N1c1c(F)c(F)c(F)c(F)c1F. The first-order valence-corrected chi connectivity index (χ1v) is 16.4. The van der Waals surface area contributed by atoms with Crippen molar-refractivity contribution in [1.82, 2.24) is 10.0 Å². The van der Waals surface area contributed by atoms with Gasteiger partial charge in [-0.3, -0.25) is 19.4 Å². The molecule has 0 spiro atoms. The van der Waals surface area contributed by atoms with E-state index in [1.807, 2.05) is 6.08 Å². The summed E-state index contributed by atoms with van der Waals surface area (Å²) < 4.78 is 71.0. The number of fused-ring (bicyclic) bond motifs is 2. The van der Waals surface area contributed by atoms with Crippen LogP contribution in [0.15, 0.2) is 57.4 Å². The van der Waals surface area contributed by atoms with E-state index < -0.39 is 77.2 Å². The molecule has 4 aliphatic rings. The van der Waals surface area contributed by atoms with Crippen molar-refractivity contribution >= 4 is 81.6 Å². The fraction of sp³-hybridized carbons (Fsp3) is 0.250. The smallest absolute Gasteiger partial charge is 0.264 e. The number of anilines is 1. The van der Waals surface area contributed by atoms with E-state index >= 15 is 0 Å². The average molecular weight is 772 g/mol. The number of benzene rings is 3. The summed E-state index contributed by atoms with van der Waals surface area (Å²) in [5.41, 5.74) is 0.819. The van der Waals surface area contributed by atoms with E-state index in [1.165, 1.54) is 11.1 Å². The Morgan fingerprint density at radius 3 is 2.14 bits per heavy atom. The molecule has 0 bridgehead atoms. The molecule has 3 aromatic carbocycles. The predicted molar refractivity (Wildman–Crippen MR) is 173 cm³/mol. The van der Waals surface area contributed by atoms with Crippen molar-refractivity contribution in [3.63, 3.8) is 0 Å². The fourth-order valence-electron chi connectivity index (χ4n) is 6.64. The van der Waals surface area contributed by atoms with E-state index in [1.54, 1.807) is 30.3 Å². The van der Waals surface area contributed by atoms with Crippen LogP contribution in [0.5, 0.6) is 0 Å². The van der Waals surface area contributed by atoms with Crippen LogP contribution in [0.1, 0.15) is 36.4 Å². The molecule has 3 aromatic rings. The lowest BCUT2D eigenvalue weighted by atomic mass is 9.77. The average Bonchev–Trinajstić information content (AvgIpc) is 3.74. The molecule has 1 saturated heterocycles. The second-order valence-electron chi connectivity index (χ2n) is 11.8. The number of amides is 3. The lowest BCUT2D eigenvalue weighted by Gasteiger charge is -2.31. The summed E-state index contributed by atoms with van der Waals surface area (Å²) in [7, 11) is 0. The highest BCUT2D eigenvalue weighted by molar-refractivity contribution is 6.36. The second-order valence-corrected chi connectivity index (χ2v) is 13.5. The van der Waals surface area contributed by atoms with Gasteiger partial charge < -0.3 is 0 Å². The largest absolute Gasteiger partial charge is 0.271 e. The zero-order chi connectivity index (χ0) is 35.8. The maximum absolute atomic E-state index is 14.7. The number of rotatable bonds is 5. The molecule has 7 rings (SSSR count). The first kappa shape index (κ1) is 34.3. The molecule has 50 heavy (non-hydrogen) atoms. The Hall–Kier alpha value is -4.11. The maximum Gasteiger partial charge on any atom is 0.264 e. The minimum atomic E-state index is -2.47. The highest BCUT2D eigenvalue weighted by Gasteiger charge is 2.57. The number of hydrazone groups is 1. The lowest BCUT2D eigenvalue weighted by Crippen LogP contribution is -2.45. The van der Waals surface area contributed by atoms with Crippen molar-refractivity contribution in [2.24, 2.45) is 21.4 Å². The fourth-order valence-corrected chi connectivity index (χ4v) is 7.62. The molecule has 4 atom stereocenters. The summed E-state index contributed by atoms with van der Waals surface area (Å²) in [6.07, 6.45) is 3.79. The number of allylic oxidation sites excluding steroid dienone is 1. The molecular formula is C32H19Cl4F5N6O3. The highest BCUT2D eigenvalue weighted by atomic mass is 35.5. The quantitative estimate of drug-likeness (QED) is 0.113. The van der Waals surface area contributed by atoms with Crippen LogP contribution < -0.4 is 4.90 Å². The molecule has 0 unspecified atom stereocenters. The van der Waals surface area contributed by atoms with Crippen molar-refractivity contribution in [2.45, 2.75) is 37.4 Å². The van der Waals surface area contributed by atoms with E-state index in [0.29, 0.717) is 44.7 Å². The summed E-state index contributed by atoms with van der Waals surface area (Å²) in [6, 6.07) is 5.60. The summed E-state index contributed by atoms with van der Waals surface area (Å²) in [6.45, 7) is -0.720. The van der Waals surface area contributed by atoms with E-state index in [4.69, 9.17) is 51.5 Å². The molecule has 0 aromatic heterocycles. The molecule has 3 amide bonds. The molecule has 1 saturated carbocycles. The zero-order valence-electron chi connectivity index (χ0n) is 25.0. The van der Waals surface area contributed by atoms with Gasteiger partial charge in [0.15, 0.2) is 35.4 Å². The van der Waals surface area contributed by atoms with Gasteiger partial charge in [0.25, 0.3) is 17.7 Å². The maximum atomic E-state index is 14.7. The van der Waals surface area contributed by atoms with Crippen molar-refractivity contribution in [3.05, 3.63) is 102 Å². The van der Waals surface area contributed by atoms with Crippen LogP contribution in [0.25, 0.3) is 6.08 Å². The monoisotopic (exact) mass is 770 g/mol. The number of carbonyl (C=O) groups is 3. The zero-order valence-corrected chi connectivity index (χ0v) is 28.0. The van der Waals surface area contributed by atoms with Crippen molar-refractivity contribution in [3.8, 4) is 0 Å². The topological polar surface area (TPSA) is 98.0 Å². The second kappa shape index (κ2) is 12.9. The number of carbonyl (C=O) groups excluding carboxylic acids is 3. The van der Waals surface area contributed by atoms with E-state index in [9.17, 15) is 36.3 Å². The molecule has 258 valence electrons. The third-order valence-corrected chi connectivity index (χ3v) is 10.0. The van der Waals surface area contributed by atoms with Crippen LogP contribution in [0.2, 0.25) is 20.1 Å². The number of halogens is 9. The normalized spacial score (nSPS) is 23.7. The molecule has 0 N–H and O–H groups in total. The van der Waals surface area contributed by atoms with E-state index in [0.717, 1.165) is 17.0 Å². The van der Waals surface area contributed by atoms with Gasteiger partial charge in [0.05, 0.1) is 11.8 Å². The van der Waals surface area contributed by atoms with Crippen LogP contribution in [-0.4, -0.2) is 52.1 Å².